The summed E-state index contributed by atoms with van der Waals surface area (Å²) in [5.74, 6) is -0.104. The van der Waals surface area contributed by atoms with Crippen molar-refractivity contribution in [3.63, 3.8) is 0 Å². The molecule has 0 spiro atoms. The van der Waals surface area contributed by atoms with Crippen LogP contribution < -0.4 is 15.3 Å². The predicted octanol–water partition coefficient (Wildman–Crippen LogP) is 5.13. The van der Waals surface area contributed by atoms with Gasteiger partial charge in [0.25, 0.3) is 5.69 Å². The van der Waals surface area contributed by atoms with Gasteiger partial charge in [0.1, 0.15) is 11.4 Å². The summed E-state index contributed by atoms with van der Waals surface area (Å²) in [6, 6.07) is 27.1. The van der Waals surface area contributed by atoms with E-state index in [4.69, 9.17) is 9.41 Å². The van der Waals surface area contributed by atoms with E-state index in [1.807, 2.05) is 17.5 Å². The molecular weight excluding hydrogens is 527 g/mol. The zero-order chi connectivity index (χ0) is 27.2. The molecule has 3 aromatic carbocycles. The lowest BCUT2D eigenvalue weighted by atomic mass is 9.93. The quantitative estimate of drug-likeness (QED) is 0.104. The Labute approximate surface area is 234 Å². The fourth-order valence-electron chi connectivity index (χ4n) is 4.97. The van der Waals surface area contributed by atoms with Crippen molar-refractivity contribution in [2.45, 2.75) is 44.8 Å². The molecule has 0 amide bonds. The molecular formula is C30H31N3O4SSi. The molecule has 9 heteroatoms. The molecule has 0 aliphatic carbocycles. The number of non-ortho nitro benzene ring substituents is 1. The van der Waals surface area contributed by atoms with Crippen molar-refractivity contribution in [1.29, 1.82) is 0 Å². The van der Waals surface area contributed by atoms with Crippen molar-refractivity contribution >= 4 is 47.4 Å². The normalized spacial score (nSPS) is 16.7. The first-order valence-electron chi connectivity index (χ1n) is 13.3. The SMILES string of the molecule is CCCCC1(O[SiH](c2ccccc2)c2ccccc2)CCN1c1nc(C(=O)Cc2ccc([N+](=O)[O-])cc2)cs1. The van der Waals surface area contributed by atoms with E-state index in [0.29, 0.717) is 5.69 Å². The molecule has 1 unspecified atom stereocenters. The first-order valence-corrected chi connectivity index (χ1v) is 15.8. The van der Waals surface area contributed by atoms with Crippen LogP contribution in [0.2, 0.25) is 0 Å². The van der Waals surface area contributed by atoms with Gasteiger partial charge in [-0.05, 0) is 28.8 Å². The van der Waals surface area contributed by atoms with Crippen LogP contribution in [0.25, 0.3) is 0 Å². The summed E-state index contributed by atoms with van der Waals surface area (Å²) in [6.07, 6.45) is 4.08. The third kappa shape index (κ3) is 6.00. The van der Waals surface area contributed by atoms with Crippen molar-refractivity contribution in [2.75, 3.05) is 11.4 Å². The van der Waals surface area contributed by atoms with Crippen LogP contribution in [0.5, 0.6) is 0 Å². The second kappa shape index (κ2) is 12.0. The summed E-state index contributed by atoms with van der Waals surface area (Å²) < 4.78 is 7.20. The van der Waals surface area contributed by atoms with Crippen LogP contribution >= 0.6 is 11.3 Å². The van der Waals surface area contributed by atoms with E-state index >= 15 is 0 Å². The molecule has 39 heavy (non-hydrogen) atoms. The fraction of sp³-hybridized carbons (Fsp3) is 0.267. The van der Waals surface area contributed by atoms with Crippen molar-refractivity contribution in [3.05, 3.63) is 112 Å². The molecule has 200 valence electrons. The summed E-state index contributed by atoms with van der Waals surface area (Å²) >= 11 is 1.47. The lowest BCUT2D eigenvalue weighted by Gasteiger charge is -2.54. The largest absolute Gasteiger partial charge is 0.389 e. The van der Waals surface area contributed by atoms with Gasteiger partial charge < -0.3 is 9.33 Å². The average molecular weight is 558 g/mol. The number of Topliss-reactive ketones (excluding diaryl/α,β-unsaturated/α-hetero) is 1. The van der Waals surface area contributed by atoms with Gasteiger partial charge in [-0.3, -0.25) is 14.9 Å². The summed E-state index contributed by atoms with van der Waals surface area (Å²) in [6.45, 7) is 3.02. The number of anilines is 1. The van der Waals surface area contributed by atoms with Crippen LogP contribution in [0.4, 0.5) is 10.8 Å². The number of nitro groups is 1. The van der Waals surface area contributed by atoms with E-state index in [0.717, 1.165) is 42.9 Å². The number of nitrogens with zero attached hydrogens (tertiary/aromatic N) is 3. The van der Waals surface area contributed by atoms with Crippen LogP contribution in [0.15, 0.2) is 90.3 Å². The highest BCUT2D eigenvalue weighted by molar-refractivity contribution is 7.14. The van der Waals surface area contributed by atoms with Crippen molar-refractivity contribution in [1.82, 2.24) is 4.98 Å². The molecule has 4 aromatic rings. The molecule has 1 fully saturated rings. The first-order chi connectivity index (χ1) is 19.0. The average Bonchev–Trinajstić information content (AvgIpc) is 3.43. The van der Waals surface area contributed by atoms with E-state index in [1.54, 1.807) is 12.1 Å². The Balaban J connectivity index is 1.38. The lowest BCUT2D eigenvalue weighted by Crippen LogP contribution is -2.66. The number of carbonyl (C=O) groups excluding carboxylic acids is 1. The second-order valence-corrected chi connectivity index (χ2v) is 13.0. The number of carbonyl (C=O) groups is 1. The second-order valence-electron chi connectivity index (χ2n) is 9.81. The third-order valence-electron chi connectivity index (χ3n) is 7.20. The van der Waals surface area contributed by atoms with Crippen LogP contribution in [-0.4, -0.2) is 37.0 Å². The van der Waals surface area contributed by atoms with Crippen LogP contribution in [-0.2, 0) is 10.8 Å². The van der Waals surface area contributed by atoms with E-state index in [1.165, 1.54) is 33.8 Å². The Morgan fingerprint density at radius 2 is 1.69 bits per heavy atom. The number of thiazole rings is 1. The molecule has 0 bridgehead atoms. The van der Waals surface area contributed by atoms with Crippen LogP contribution in [0.1, 0.15) is 48.7 Å². The number of benzene rings is 3. The zero-order valence-corrected chi connectivity index (χ0v) is 23.8. The van der Waals surface area contributed by atoms with Crippen LogP contribution in [0.3, 0.4) is 0 Å². The summed E-state index contributed by atoms with van der Waals surface area (Å²) in [7, 11) is -2.00. The van der Waals surface area contributed by atoms with Gasteiger partial charge in [0.2, 0.25) is 9.04 Å². The highest BCUT2D eigenvalue weighted by Gasteiger charge is 2.48. The van der Waals surface area contributed by atoms with Gasteiger partial charge in [-0.1, -0.05) is 86.1 Å². The smallest absolute Gasteiger partial charge is 0.269 e. The predicted molar refractivity (Wildman–Crippen MR) is 158 cm³/mol. The monoisotopic (exact) mass is 557 g/mol. The molecule has 2 heterocycles. The molecule has 7 nitrogen and oxygen atoms in total. The Bertz CT molecular complexity index is 1380. The highest BCUT2D eigenvalue weighted by atomic mass is 32.1. The van der Waals surface area contributed by atoms with Gasteiger partial charge >= 0.3 is 0 Å². The number of ketones is 1. The van der Waals surface area contributed by atoms with E-state index in [-0.39, 0.29) is 17.9 Å². The number of hydrogen-bond acceptors (Lipinski definition) is 7. The highest BCUT2D eigenvalue weighted by Crippen LogP contribution is 2.42. The number of nitro benzene ring substituents is 1. The van der Waals surface area contributed by atoms with Gasteiger partial charge in [-0.2, -0.15) is 0 Å². The Hall–Kier alpha value is -3.66. The van der Waals surface area contributed by atoms with Crippen LogP contribution in [0, 0.1) is 10.1 Å². The summed E-state index contributed by atoms with van der Waals surface area (Å²) in [5, 5.41) is 16.0. The van der Waals surface area contributed by atoms with Crippen molar-refractivity contribution in [2.24, 2.45) is 0 Å². The molecule has 0 N–H and O–H groups in total. The first kappa shape index (κ1) is 26.9. The van der Waals surface area contributed by atoms with Gasteiger partial charge in [0, 0.05) is 36.9 Å². The van der Waals surface area contributed by atoms with Crippen molar-refractivity contribution < 1.29 is 14.1 Å². The standard InChI is InChI=1S/C30H31N3O4SSi/c1-2-3-18-30(37-39(25-10-6-4-7-11-25)26-12-8-5-9-13-26)19-20-32(30)29-31-27(22-38-29)28(34)21-23-14-16-24(17-15-23)33(35)36/h4-17,22,39H,2-3,18-21H2,1H3. The molecule has 1 aliphatic heterocycles. The third-order valence-corrected chi connectivity index (χ3v) is 10.7. The van der Waals surface area contributed by atoms with E-state index < -0.39 is 19.7 Å². The van der Waals surface area contributed by atoms with Gasteiger partial charge in [0.15, 0.2) is 10.9 Å². The maximum absolute atomic E-state index is 13.0. The number of rotatable bonds is 12. The molecule has 0 saturated carbocycles. The lowest BCUT2D eigenvalue weighted by molar-refractivity contribution is -0.384. The summed E-state index contributed by atoms with van der Waals surface area (Å²) in [4.78, 5) is 30.5. The van der Waals surface area contributed by atoms with E-state index in [2.05, 4.69) is 60.4 Å². The molecule has 1 aromatic heterocycles. The molecule has 1 atom stereocenters. The van der Waals surface area contributed by atoms with Gasteiger partial charge in [-0.15, -0.1) is 11.3 Å². The number of hydrogen-bond donors (Lipinski definition) is 0. The molecule has 0 radical (unpaired) electrons. The molecule has 1 saturated heterocycles. The Morgan fingerprint density at radius 3 is 2.23 bits per heavy atom. The maximum Gasteiger partial charge on any atom is 0.269 e. The minimum absolute atomic E-state index is 0.0104. The molecule has 1 aliphatic rings. The summed E-state index contributed by atoms with van der Waals surface area (Å²) in [5.41, 5.74) is 0.708. The maximum atomic E-state index is 13.0. The Kier molecular flexibility index (Phi) is 8.30. The minimum Gasteiger partial charge on any atom is -0.389 e. The van der Waals surface area contributed by atoms with E-state index in [9.17, 15) is 14.9 Å². The zero-order valence-electron chi connectivity index (χ0n) is 21.9. The number of unbranched alkanes of at least 4 members (excludes halogenated alkanes) is 1. The van der Waals surface area contributed by atoms with Crippen molar-refractivity contribution in [3.8, 4) is 0 Å². The molecule has 5 rings (SSSR count). The number of aromatic nitrogens is 1. The topological polar surface area (TPSA) is 85.6 Å². The van der Waals surface area contributed by atoms with Gasteiger partial charge in [0.05, 0.1) is 4.92 Å². The van der Waals surface area contributed by atoms with Gasteiger partial charge in [-0.25, -0.2) is 4.98 Å². The Morgan fingerprint density at radius 1 is 1.05 bits per heavy atom. The minimum atomic E-state index is -2.00. The fourth-order valence-corrected chi connectivity index (χ4v) is 8.51.